The highest BCUT2D eigenvalue weighted by Gasteiger charge is 2.48. The van der Waals surface area contributed by atoms with Crippen LogP contribution in [0, 0.1) is 11.8 Å². The summed E-state index contributed by atoms with van der Waals surface area (Å²) in [5.74, 6) is 0.523. The van der Waals surface area contributed by atoms with Crippen LogP contribution in [0.15, 0.2) is 54.7 Å². The van der Waals surface area contributed by atoms with Gasteiger partial charge in [-0.25, -0.2) is 4.98 Å². The highest BCUT2D eigenvalue weighted by atomic mass is 16.5. The van der Waals surface area contributed by atoms with E-state index < -0.39 is 5.91 Å². The van der Waals surface area contributed by atoms with Crippen molar-refractivity contribution in [3.63, 3.8) is 0 Å². The summed E-state index contributed by atoms with van der Waals surface area (Å²) in [6.45, 7) is 6.51. The normalized spacial score (nSPS) is 21.8. The molecule has 3 N–H and O–H groups in total. The molecule has 0 spiro atoms. The molecule has 8 nitrogen and oxygen atoms in total. The Labute approximate surface area is 204 Å². The Morgan fingerprint density at radius 1 is 1.20 bits per heavy atom. The SMILES string of the molecule is CC(C)Oc1cc2c(OC[C@H]3NC(=O)[C@@H]4CN(Cc5ccccc5)C[C@@H]34)nccc2cc1C(N)=O. The first-order chi connectivity index (χ1) is 16.9. The molecule has 1 aromatic heterocycles. The zero-order valence-electron chi connectivity index (χ0n) is 19.9. The number of hydrogen-bond acceptors (Lipinski definition) is 6. The highest BCUT2D eigenvalue weighted by molar-refractivity contribution is 6.01. The highest BCUT2D eigenvalue weighted by Crippen LogP contribution is 2.34. The molecule has 2 fully saturated rings. The van der Waals surface area contributed by atoms with Gasteiger partial charge in [-0.15, -0.1) is 0 Å². The predicted octanol–water partition coefficient (Wildman–Crippen LogP) is 2.75. The number of rotatable bonds is 8. The van der Waals surface area contributed by atoms with E-state index >= 15 is 0 Å². The molecule has 8 heteroatoms. The van der Waals surface area contributed by atoms with Crippen molar-refractivity contribution >= 4 is 22.6 Å². The van der Waals surface area contributed by atoms with Crippen molar-refractivity contribution in [2.75, 3.05) is 19.7 Å². The van der Waals surface area contributed by atoms with E-state index in [1.165, 1.54) is 5.56 Å². The summed E-state index contributed by atoms with van der Waals surface area (Å²) < 4.78 is 12.0. The quantitative estimate of drug-likeness (QED) is 0.520. The fraction of sp³-hybridized carbons (Fsp3) is 0.370. The summed E-state index contributed by atoms with van der Waals surface area (Å²) in [7, 11) is 0. The summed E-state index contributed by atoms with van der Waals surface area (Å²) in [6, 6.07) is 15.5. The van der Waals surface area contributed by atoms with Gasteiger partial charge in [0.05, 0.1) is 23.6 Å². The van der Waals surface area contributed by atoms with Crippen molar-refractivity contribution in [3.05, 3.63) is 65.9 Å². The van der Waals surface area contributed by atoms with Gasteiger partial charge in [0.1, 0.15) is 12.4 Å². The molecule has 2 aliphatic rings. The van der Waals surface area contributed by atoms with Crippen molar-refractivity contribution in [2.24, 2.45) is 17.6 Å². The number of benzene rings is 2. The number of primary amides is 1. The number of aromatic nitrogens is 1. The first kappa shape index (κ1) is 23.1. The topological polar surface area (TPSA) is 107 Å². The molecule has 0 bridgehead atoms. The number of fused-ring (bicyclic) bond motifs is 2. The molecule has 0 saturated carbocycles. The molecule has 0 unspecified atom stereocenters. The molecular weight excluding hydrogens is 444 g/mol. The Hall–Kier alpha value is -3.65. The van der Waals surface area contributed by atoms with Gasteiger partial charge in [0.15, 0.2) is 0 Å². The lowest BCUT2D eigenvalue weighted by molar-refractivity contribution is -0.122. The predicted molar refractivity (Wildman–Crippen MR) is 132 cm³/mol. The van der Waals surface area contributed by atoms with Gasteiger partial charge >= 0.3 is 0 Å². The van der Waals surface area contributed by atoms with Crippen LogP contribution in [0.5, 0.6) is 11.6 Å². The van der Waals surface area contributed by atoms with Crippen molar-refractivity contribution < 1.29 is 19.1 Å². The fourth-order valence-electron chi connectivity index (χ4n) is 5.13. The van der Waals surface area contributed by atoms with E-state index in [-0.39, 0.29) is 29.9 Å². The third-order valence-corrected chi connectivity index (χ3v) is 6.73. The minimum atomic E-state index is -0.553. The Kier molecular flexibility index (Phi) is 6.30. The van der Waals surface area contributed by atoms with Crippen molar-refractivity contribution in [1.29, 1.82) is 0 Å². The minimum absolute atomic E-state index is 0.0306. The number of likely N-dealkylation sites (tertiary alicyclic amines) is 1. The molecule has 0 radical (unpaired) electrons. The molecule has 2 saturated heterocycles. The van der Waals surface area contributed by atoms with Gasteiger partial charge in [-0.05, 0) is 43.0 Å². The maximum absolute atomic E-state index is 12.7. The van der Waals surface area contributed by atoms with Gasteiger partial charge in [0, 0.05) is 37.1 Å². The van der Waals surface area contributed by atoms with E-state index in [9.17, 15) is 9.59 Å². The van der Waals surface area contributed by atoms with Crippen LogP contribution in [-0.4, -0.2) is 53.5 Å². The van der Waals surface area contributed by atoms with Gasteiger partial charge < -0.3 is 20.5 Å². The van der Waals surface area contributed by atoms with Gasteiger partial charge in [0.25, 0.3) is 5.91 Å². The van der Waals surface area contributed by atoms with Crippen LogP contribution in [0.1, 0.15) is 29.8 Å². The Morgan fingerprint density at radius 2 is 2.00 bits per heavy atom. The van der Waals surface area contributed by atoms with Gasteiger partial charge in [-0.3, -0.25) is 14.5 Å². The van der Waals surface area contributed by atoms with Crippen LogP contribution >= 0.6 is 0 Å². The molecule has 2 aliphatic heterocycles. The molecule has 182 valence electrons. The summed E-state index contributed by atoms with van der Waals surface area (Å²) in [5.41, 5.74) is 7.14. The molecule has 3 aromatic rings. The van der Waals surface area contributed by atoms with Crippen molar-refractivity contribution in [3.8, 4) is 11.6 Å². The molecule has 2 aromatic carbocycles. The number of hydrogen-bond donors (Lipinski definition) is 2. The number of pyridine rings is 1. The van der Waals surface area contributed by atoms with Crippen LogP contribution in [0.4, 0.5) is 0 Å². The number of nitrogens with one attached hydrogen (secondary N) is 1. The molecule has 2 amide bonds. The third kappa shape index (κ3) is 4.79. The van der Waals surface area contributed by atoms with Crippen LogP contribution in [0.2, 0.25) is 0 Å². The Balaban J connectivity index is 1.32. The van der Waals surface area contributed by atoms with E-state index in [0.717, 1.165) is 30.4 Å². The summed E-state index contributed by atoms with van der Waals surface area (Å²) in [6.07, 6.45) is 1.51. The van der Waals surface area contributed by atoms with E-state index in [2.05, 4.69) is 27.3 Å². The van der Waals surface area contributed by atoms with Gasteiger partial charge in [-0.2, -0.15) is 0 Å². The number of nitrogens with zero attached hydrogens (tertiary/aromatic N) is 2. The fourth-order valence-corrected chi connectivity index (χ4v) is 5.13. The van der Waals surface area contributed by atoms with E-state index in [1.807, 2.05) is 32.0 Å². The molecule has 3 heterocycles. The van der Waals surface area contributed by atoms with Gasteiger partial charge in [-0.1, -0.05) is 30.3 Å². The molecular formula is C27H30N4O4. The van der Waals surface area contributed by atoms with E-state index in [1.54, 1.807) is 24.4 Å². The first-order valence-corrected chi connectivity index (χ1v) is 12.0. The second kappa shape index (κ2) is 9.54. The number of ether oxygens (including phenoxy) is 2. The molecule has 0 aliphatic carbocycles. The number of carbonyl (C=O) groups is 2. The first-order valence-electron chi connectivity index (χ1n) is 12.0. The number of amides is 2. The van der Waals surface area contributed by atoms with Crippen LogP contribution in [0.25, 0.3) is 10.8 Å². The molecule has 35 heavy (non-hydrogen) atoms. The zero-order chi connectivity index (χ0) is 24.5. The lowest BCUT2D eigenvalue weighted by atomic mass is 9.94. The monoisotopic (exact) mass is 474 g/mol. The zero-order valence-corrected chi connectivity index (χ0v) is 19.9. The number of carbonyl (C=O) groups excluding carboxylic acids is 2. The van der Waals surface area contributed by atoms with E-state index in [4.69, 9.17) is 15.2 Å². The van der Waals surface area contributed by atoms with Crippen LogP contribution in [0.3, 0.4) is 0 Å². The van der Waals surface area contributed by atoms with Crippen molar-refractivity contribution in [1.82, 2.24) is 15.2 Å². The third-order valence-electron chi connectivity index (χ3n) is 6.73. The van der Waals surface area contributed by atoms with Crippen molar-refractivity contribution in [2.45, 2.75) is 32.5 Å². The average Bonchev–Trinajstić information content (AvgIpc) is 3.37. The van der Waals surface area contributed by atoms with E-state index in [0.29, 0.717) is 23.8 Å². The summed E-state index contributed by atoms with van der Waals surface area (Å²) in [4.78, 5) is 31.4. The number of nitrogens with two attached hydrogens (primary N) is 1. The molecule has 3 atom stereocenters. The largest absolute Gasteiger partial charge is 0.490 e. The summed E-state index contributed by atoms with van der Waals surface area (Å²) >= 11 is 0. The standard InChI is InChI=1S/C27H30N4O4/c1-16(2)35-24-11-19-18(10-20(24)25(28)32)8-9-29-27(19)34-15-23-21-13-31(14-22(21)26(33)30-23)12-17-6-4-3-5-7-17/h3-11,16,21-23H,12-15H2,1-2H3,(H2,28,32)(H,30,33)/t21-,22-,23-/m1/s1. The van der Waals surface area contributed by atoms with Crippen LogP contribution in [-0.2, 0) is 11.3 Å². The second-order valence-corrected chi connectivity index (χ2v) is 9.59. The summed E-state index contributed by atoms with van der Waals surface area (Å²) in [5, 5.41) is 4.62. The Bertz CT molecular complexity index is 1250. The van der Waals surface area contributed by atoms with Gasteiger partial charge in [0.2, 0.25) is 11.8 Å². The lowest BCUT2D eigenvalue weighted by Crippen LogP contribution is -2.38. The Morgan fingerprint density at radius 3 is 2.74 bits per heavy atom. The maximum Gasteiger partial charge on any atom is 0.252 e. The maximum atomic E-state index is 12.7. The lowest BCUT2D eigenvalue weighted by Gasteiger charge is -2.21. The minimum Gasteiger partial charge on any atom is -0.490 e. The average molecular weight is 475 g/mol. The van der Waals surface area contributed by atoms with Crippen LogP contribution < -0.4 is 20.5 Å². The smallest absolute Gasteiger partial charge is 0.252 e. The second-order valence-electron chi connectivity index (χ2n) is 9.59. The molecule has 5 rings (SSSR count).